The Bertz CT molecular complexity index is 757. The summed E-state index contributed by atoms with van der Waals surface area (Å²) in [7, 11) is 0. The molecule has 86 valence electrons. The molecule has 3 aliphatic rings. The Balaban J connectivity index is 2.66. The predicted octanol–water partition coefficient (Wildman–Crippen LogP) is -0.513. The minimum absolute atomic E-state index is 0.0249. The fraction of sp³-hybridized carbons (Fsp3) is 0.182. The van der Waals surface area contributed by atoms with Crippen LogP contribution in [-0.2, 0) is 13.0 Å². The van der Waals surface area contributed by atoms with E-state index < -0.39 is 0 Å². The maximum atomic E-state index is 11.7. The second kappa shape index (κ2) is 3.31. The Morgan fingerprint density at radius 2 is 2.18 bits per heavy atom. The molecule has 0 amide bonds. The van der Waals surface area contributed by atoms with Crippen molar-refractivity contribution in [3.63, 3.8) is 0 Å². The third kappa shape index (κ3) is 1.24. The van der Waals surface area contributed by atoms with Crippen LogP contribution in [0.5, 0.6) is 0 Å². The van der Waals surface area contributed by atoms with Gasteiger partial charge in [0.2, 0.25) is 5.43 Å². The molecule has 0 aromatic rings. The molecule has 0 unspecified atom stereocenters. The van der Waals surface area contributed by atoms with Crippen molar-refractivity contribution in [3.05, 3.63) is 50.0 Å². The van der Waals surface area contributed by atoms with E-state index in [9.17, 15) is 9.59 Å². The fourth-order valence-corrected chi connectivity index (χ4v) is 2.30. The molecule has 0 saturated carbocycles. The van der Waals surface area contributed by atoms with E-state index in [0.717, 1.165) is 5.56 Å². The molecule has 0 fully saturated rings. The molecule has 0 aromatic carbocycles. The first-order chi connectivity index (χ1) is 8.22. The SMILES string of the molecule is O=c1ccc2c[nH]c(=O)n3c-2c(c1=NO)CC3. The summed E-state index contributed by atoms with van der Waals surface area (Å²) in [6, 6.07) is 2.96. The van der Waals surface area contributed by atoms with Crippen LogP contribution in [-0.4, -0.2) is 14.8 Å². The number of hydrogen-bond acceptors (Lipinski definition) is 4. The van der Waals surface area contributed by atoms with Gasteiger partial charge in [-0.15, -0.1) is 0 Å². The maximum Gasteiger partial charge on any atom is 0.325 e. The van der Waals surface area contributed by atoms with Crippen LogP contribution in [0.2, 0.25) is 0 Å². The van der Waals surface area contributed by atoms with Gasteiger partial charge in [0.15, 0.2) is 5.36 Å². The van der Waals surface area contributed by atoms with Crippen molar-refractivity contribution in [1.82, 2.24) is 9.55 Å². The summed E-state index contributed by atoms with van der Waals surface area (Å²) in [5.74, 6) is 0. The van der Waals surface area contributed by atoms with Crippen LogP contribution in [0.3, 0.4) is 0 Å². The van der Waals surface area contributed by atoms with Gasteiger partial charge in [0.1, 0.15) is 0 Å². The Labute approximate surface area is 94.8 Å². The van der Waals surface area contributed by atoms with Crippen molar-refractivity contribution >= 4 is 0 Å². The monoisotopic (exact) mass is 231 g/mol. The van der Waals surface area contributed by atoms with E-state index in [-0.39, 0.29) is 16.5 Å². The van der Waals surface area contributed by atoms with Gasteiger partial charge in [0.05, 0.1) is 5.69 Å². The molecular formula is C11H9N3O3. The lowest BCUT2D eigenvalue weighted by molar-refractivity contribution is 0.300. The molecule has 0 aromatic heterocycles. The minimum Gasteiger partial charge on any atom is -0.410 e. The van der Waals surface area contributed by atoms with Gasteiger partial charge in [0, 0.05) is 23.9 Å². The van der Waals surface area contributed by atoms with E-state index in [1.807, 2.05) is 0 Å². The molecule has 6 heteroatoms. The van der Waals surface area contributed by atoms with Crippen LogP contribution in [0.4, 0.5) is 0 Å². The zero-order valence-electron chi connectivity index (χ0n) is 8.80. The fourth-order valence-electron chi connectivity index (χ4n) is 2.30. The van der Waals surface area contributed by atoms with Crippen molar-refractivity contribution in [3.8, 4) is 11.3 Å². The number of hydrogen-bond donors (Lipinski definition) is 2. The van der Waals surface area contributed by atoms with Crippen molar-refractivity contribution in [2.45, 2.75) is 13.0 Å². The van der Waals surface area contributed by atoms with Crippen LogP contribution in [0, 0.1) is 0 Å². The van der Waals surface area contributed by atoms with Gasteiger partial charge in [-0.05, 0) is 18.6 Å². The Kier molecular flexibility index (Phi) is 1.91. The molecule has 17 heavy (non-hydrogen) atoms. The number of nitrogens with one attached hydrogen (secondary N) is 1. The Morgan fingerprint density at radius 1 is 1.35 bits per heavy atom. The van der Waals surface area contributed by atoms with E-state index in [0.29, 0.717) is 24.2 Å². The average Bonchev–Trinajstić information content (AvgIpc) is 2.70. The summed E-state index contributed by atoms with van der Waals surface area (Å²) in [5, 5.41) is 12.0. The molecule has 0 saturated heterocycles. The van der Waals surface area contributed by atoms with Gasteiger partial charge in [-0.3, -0.25) is 9.36 Å². The van der Waals surface area contributed by atoms with Crippen LogP contribution in [0.1, 0.15) is 5.56 Å². The molecule has 2 N–H and O–H groups in total. The number of aromatic nitrogens is 2. The molecular weight excluding hydrogens is 222 g/mol. The lowest BCUT2D eigenvalue weighted by Crippen LogP contribution is -2.25. The first-order valence-corrected chi connectivity index (χ1v) is 5.19. The molecule has 0 atom stereocenters. The van der Waals surface area contributed by atoms with Crippen LogP contribution in [0.15, 0.2) is 33.1 Å². The van der Waals surface area contributed by atoms with E-state index in [1.165, 1.54) is 6.07 Å². The highest BCUT2D eigenvalue weighted by Crippen LogP contribution is 2.24. The number of rotatable bonds is 0. The number of aromatic amines is 1. The van der Waals surface area contributed by atoms with E-state index >= 15 is 0 Å². The van der Waals surface area contributed by atoms with E-state index in [4.69, 9.17) is 5.21 Å². The van der Waals surface area contributed by atoms with Gasteiger partial charge in [-0.2, -0.15) is 0 Å². The Hall–Kier alpha value is -2.37. The van der Waals surface area contributed by atoms with Gasteiger partial charge in [-0.1, -0.05) is 5.16 Å². The molecule has 3 rings (SSSR count). The summed E-state index contributed by atoms with van der Waals surface area (Å²) >= 11 is 0. The topological polar surface area (TPSA) is 87.5 Å². The van der Waals surface area contributed by atoms with E-state index in [1.54, 1.807) is 16.8 Å². The molecule has 0 radical (unpaired) electrons. The third-order valence-corrected chi connectivity index (χ3v) is 3.04. The summed E-state index contributed by atoms with van der Waals surface area (Å²) in [4.78, 5) is 25.9. The average molecular weight is 231 g/mol. The highest BCUT2D eigenvalue weighted by atomic mass is 16.4. The van der Waals surface area contributed by atoms with Crippen LogP contribution in [0.25, 0.3) is 11.3 Å². The van der Waals surface area contributed by atoms with E-state index in [2.05, 4.69) is 10.1 Å². The summed E-state index contributed by atoms with van der Waals surface area (Å²) in [6.07, 6.45) is 2.08. The highest BCUT2D eigenvalue weighted by molar-refractivity contribution is 5.64. The zero-order valence-corrected chi connectivity index (χ0v) is 8.80. The lowest BCUT2D eigenvalue weighted by atomic mass is 10.1. The van der Waals surface area contributed by atoms with Gasteiger partial charge < -0.3 is 10.2 Å². The number of nitrogens with zero attached hydrogens (tertiary/aromatic N) is 2. The summed E-state index contributed by atoms with van der Waals surface area (Å²) in [6.45, 7) is 0.494. The second-order valence-corrected chi connectivity index (χ2v) is 3.92. The zero-order chi connectivity index (χ0) is 12.0. The van der Waals surface area contributed by atoms with Crippen molar-refractivity contribution in [2.75, 3.05) is 0 Å². The van der Waals surface area contributed by atoms with Crippen molar-refractivity contribution in [1.29, 1.82) is 0 Å². The smallest absolute Gasteiger partial charge is 0.325 e. The summed E-state index contributed by atoms with van der Waals surface area (Å²) < 4.78 is 1.55. The second-order valence-electron chi connectivity index (χ2n) is 3.92. The molecule has 6 nitrogen and oxygen atoms in total. The predicted molar refractivity (Wildman–Crippen MR) is 59.0 cm³/mol. The van der Waals surface area contributed by atoms with Crippen LogP contribution < -0.4 is 16.5 Å². The summed E-state index contributed by atoms with van der Waals surface area (Å²) in [5.41, 5.74) is 1.48. The molecule has 1 aliphatic carbocycles. The standard InChI is InChI=1S/C11H9N3O3/c15-8-2-1-6-5-12-11(16)14-4-3-7(10(6)14)9(8)13-17/h1-2,5,17H,3-4H2,(H,12,16). The first-order valence-electron chi connectivity index (χ1n) is 5.19. The van der Waals surface area contributed by atoms with Gasteiger partial charge in [-0.25, -0.2) is 4.79 Å². The molecule has 0 spiro atoms. The number of H-pyrrole nitrogens is 1. The molecule has 2 heterocycles. The van der Waals surface area contributed by atoms with Gasteiger partial charge in [0.25, 0.3) is 0 Å². The van der Waals surface area contributed by atoms with Crippen LogP contribution >= 0.6 is 0 Å². The largest absolute Gasteiger partial charge is 0.410 e. The minimum atomic E-state index is -0.348. The third-order valence-electron chi connectivity index (χ3n) is 3.04. The lowest BCUT2D eigenvalue weighted by Gasteiger charge is -2.05. The molecule has 0 bridgehead atoms. The quantitative estimate of drug-likeness (QED) is 0.472. The first kappa shape index (κ1) is 9.83. The normalized spacial score (nSPS) is 14.5. The van der Waals surface area contributed by atoms with Crippen molar-refractivity contribution in [2.24, 2.45) is 5.16 Å². The Morgan fingerprint density at radius 3 is 2.94 bits per heavy atom. The van der Waals surface area contributed by atoms with Crippen molar-refractivity contribution < 1.29 is 5.21 Å². The maximum absolute atomic E-state index is 11.7. The van der Waals surface area contributed by atoms with Gasteiger partial charge >= 0.3 is 5.69 Å². The molecule has 2 aliphatic heterocycles. The highest BCUT2D eigenvalue weighted by Gasteiger charge is 2.21.